The maximum Gasteiger partial charge on any atom is -1.00 e. The van der Waals surface area contributed by atoms with Crippen LogP contribution in [0.3, 0.4) is 0 Å². The van der Waals surface area contributed by atoms with E-state index in [-0.39, 0.29) is 31.0 Å². The molecule has 0 N–H and O–H groups in total. The van der Waals surface area contributed by atoms with Gasteiger partial charge in [0.05, 0.1) is 0 Å². The van der Waals surface area contributed by atoms with Crippen LogP contribution in [0.15, 0.2) is 51.6 Å². The second-order valence-electron chi connectivity index (χ2n) is 10.2. The number of hydrogen-bond acceptors (Lipinski definition) is 0. The number of benzene rings is 1. The fraction of sp³-hybridized carbons (Fsp3) is 0.455. The van der Waals surface area contributed by atoms with E-state index in [1.165, 1.54) is 5.56 Å². The average Bonchev–Trinajstić information content (AvgIpc) is 3.12. The topological polar surface area (TPSA) is 0 Å². The molecule has 2 unspecified atom stereocenters. The molecule has 0 fully saturated rings. The van der Waals surface area contributed by atoms with Crippen LogP contribution in [0.25, 0.3) is 6.08 Å². The fourth-order valence-electron chi connectivity index (χ4n) is 4.28. The van der Waals surface area contributed by atoms with Crippen LogP contribution in [-0.2, 0) is 16.6 Å². The van der Waals surface area contributed by atoms with E-state index in [1.54, 1.807) is 10.8 Å². The van der Waals surface area contributed by atoms with Crippen molar-refractivity contribution in [2.75, 3.05) is 0 Å². The van der Waals surface area contributed by atoms with Gasteiger partial charge in [0.25, 0.3) is 0 Å². The van der Waals surface area contributed by atoms with Gasteiger partial charge in [-0.05, 0) is 0 Å². The van der Waals surface area contributed by atoms with Gasteiger partial charge < -0.3 is 24.8 Å². The van der Waals surface area contributed by atoms with Gasteiger partial charge in [-0.3, -0.25) is 0 Å². The molecule has 2 aliphatic rings. The Hall–Kier alpha value is 0.385. The summed E-state index contributed by atoms with van der Waals surface area (Å²) in [5.74, 6) is 0. The first kappa shape index (κ1) is 26.4. The van der Waals surface area contributed by atoms with Crippen molar-refractivity contribution in [2.45, 2.75) is 62.1 Å². The van der Waals surface area contributed by atoms with E-state index in [2.05, 4.69) is 101 Å². The Balaban J connectivity index is 0.00000196. The largest absolute Gasteiger partial charge is 1.00 e. The van der Waals surface area contributed by atoms with Gasteiger partial charge in [-0.1, -0.05) is 0 Å². The summed E-state index contributed by atoms with van der Waals surface area (Å²) in [6, 6.07) is 9.16. The zero-order valence-electron chi connectivity index (χ0n) is 18.5. The Kier molecular flexibility index (Phi) is 9.13. The van der Waals surface area contributed by atoms with Gasteiger partial charge in [-0.25, -0.2) is 0 Å². The van der Waals surface area contributed by atoms with Crippen molar-refractivity contribution in [1.29, 1.82) is 0 Å². The molecule has 0 bridgehead atoms. The Labute approximate surface area is 193 Å². The van der Waals surface area contributed by atoms with Crippen LogP contribution >= 0.6 is 0 Å². The predicted molar refractivity (Wildman–Crippen MR) is 122 cm³/mol. The SMILES string of the molecule is C[Si](C)=[Ti+2]([C]1=CC([Si](C)(C)C)=CC1[Si](C)(C)C)[CH]1C=Cc2ccccc21.[Cl-].[Cl-]. The predicted octanol–water partition coefficient (Wildman–Crippen LogP) is 1.04. The van der Waals surface area contributed by atoms with Crippen molar-refractivity contribution in [3.63, 3.8) is 0 Å². The molecule has 2 atom stereocenters. The molecular weight excluding hydrogens is 467 g/mol. The van der Waals surface area contributed by atoms with E-state index in [0.29, 0.717) is 0 Å². The third-order valence-corrected chi connectivity index (χ3v) is 22.6. The van der Waals surface area contributed by atoms with Gasteiger partial charge >= 0.3 is 170 Å². The monoisotopic (exact) mass is 500 g/mol. The summed E-state index contributed by atoms with van der Waals surface area (Å²) in [6.45, 7) is 20.5. The van der Waals surface area contributed by atoms with Gasteiger partial charge in [-0.2, -0.15) is 0 Å². The summed E-state index contributed by atoms with van der Waals surface area (Å²) in [5.41, 5.74) is 3.90. The van der Waals surface area contributed by atoms with Crippen molar-refractivity contribution in [2.24, 2.45) is 0 Å². The minimum absolute atomic E-state index is 0. The van der Waals surface area contributed by atoms with E-state index >= 15 is 0 Å². The maximum atomic E-state index is 2.75. The van der Waals surface area contributed by atoms with Crippen LogP contribution in [0.5, 0.6) is 0 Å². The minimum Gasteiger partial charge on any atom is -1.00 e. The van der Waals surface area contributed by atoms with Crippen molar-refractivity contribution in [3.8, 4) is 0 Å². The van der Waals surface area contributed by atoms with Crippen LogP contribution in [0.1, 0.15) is 15.3 Å². The van der Waals surface area contributed by atoms with Gasteiger partial charge in [0.15, 0.2) is 0 Å². The molecule has 0 radical (unpaired) electrons. The summed E-state index contributed by atoms with van der Waals surface area (Å²) < 4.78 is 2.70. The summed E-state index contributed by atoms with van der Waals surface area (Å²) in [4.78, 5) is 0. The summed E-state index contributed by atoms with van der Waals surface area (Å²) >= 11 is -1.39. The Morgan fingerprint density at radius 3 is 2.07 bits per heavy atom. The molecule has 0 aliphatic heterocycles. The summed E-state index contributed by atoms with van der Waals surface area (Å²) in [7, 11) is -2.50. The molecule has 0 saturated heterocycles. The smallest absolute Gasteiger partial charge is 1.00 e. The number of allylic oxidation sites excluding steroid dienone is 5. The minimum atomic E-state index is -1.39. The fourth-order valence-corrected chi connectivity index (χ4v) is 22.7. The number of hydrogen-bond donors (Lipinski definition) is 0. The molecule has 6 heteroatoms. The third-order valence-electron chi connectivity index (χ3n) is 5.75. The molecule has 0 spiro atoms. The van der Waals surface area contributed by atoms with Gasteiger partial charge in [0, 0.05) is 0 Å². The van der Waals surface area contributed by atoms with Gasteiger partial charge in [-0.15, -0.1) is 0 Å². The van der Waals surface area contributed by atoms with Crippen LogP contribution in [0, 0.1) is 0 Å². The van der Waals surface area contributed by atoms with E-state index < -0.39 is 32.8 Å². The zero-order valence-corrected chi connectivity index (χ0v) is 24.6. The van der Waals surface area contributed by atoms with E-state index in [9.17, 15) is 0 Å². The van der Waals surface area contributed by atoms with Crippen molar-refractivity contribution < 1.29 is 41.4 Å². The number of rotatable bonds is 4. The normalized spacial score (nSPS) is 20.2. The molecule has 0 aromatic heterocycles. The van der Waals surface area contributed by atoms with Crippen molar-refractivity contribution >= 4 is 28.4 Å². The van der Waals surface area contributed by atoms with Crippen LogP contribution < -0.4 is 24.8 Å². The number of halogens is 2. The zero-order chi connectivity index (χ0) is 19.3. The van der Waals surface area contributed by atoms with E-state index in [0.717, 1.165) is 9.76 Å². The van der Waals surface area contributed by atoms with Crippen LogP contribution in [-0.4, -0.2) is 22.3 Å². The molecule has 0 nitrogen and oxygen atoms in total. The molecule has 152 valence electrons. The first-order valence-electron chi connectivity index (χ1n) is 9.89. The number of fused-ring (bicyclic) bond motifs is 1. The molecule has 1 aromatic carbocycles. The molecule has 3 rings (SSSR count). The summed E-state index contributed by atoms with van der Waals surface area (Å²) in [6.07, 6.45) is 10.2. The molecular formula is C22H34Cl2Si3Ti. The molecule has 0 amide bonds. The quantitative estimate of drug-likeness (QED) is 0.542. The average molecular weight is 502 g/mol. The van der Waals surface area contributed by atoms with Crippen molar-refractivity contribution in [3.05, 3.63) is 62.7 Å². The standard InChI is InChI=1S/C11H21Si2.C9H7.C2H6Si.2ClH.Ti/c1-12(2,3)10-7-8-11(9-10)13(4,5)6;1-2-5-9-7-3-6-8(9)4-1;1-3-2;;;/h7,9,11H,1-6H3;1-7H;1-2H3;2*1H;/q;;;;;+2/p-2. The second-order valence-corrected chi connectivity index (χ2v) is 32.7. The summed E-state index contributed by atoms with van der Waals surface area (Å²) in [5, 5.41) is 1.74. The van der Waals surface area contributed by atoms with Gasteiger partial charge in [0.2, 0.25) is 0 Å². The molecule has 2 aliphatic carbocycles. The molecule has 0 heterocycles. The van der Waals surface area contributed by atoms with Crippen molar-refractivity contribution in [1.82, 2.24) is 0 Å². The second kappa shape index (κ2) is 9.68. The van der Waals surface area contributed by atoms with E-state index in [4.69, 9.17) is 0 Å². The third kappa shape index (κ3) is 5.35. The van der Waals surface area contributed by atoms with Crippen LogP contribution in [0.2, 0.25) is 57.9 Å². The maximum absolute atomic E-state index is 2.75. The van der Waals surface area contributed by atoms with Crippen LogP contribution in [0.4, 0.5) is 0 Å². The molecule has 0 saturated carbocycles. The van der Waals surface area contributed by atoms with E-state index in [1.807, 2.05) is 3.88 Å². The molecule has 28 heavy (non-hydrogen) atoms. The van der Waals surface area contributed by atoms with Gasteiger partial charge in [0.1, 0.15) is 0 Å². The Morgan fingerprint density at radius 1 is 0.929 bits per heavy atom. The first-order valence-corrected chi connectivity index (χ1v) is 23.5. The Morgan fingerprint density at radius 2 is 1.54 bits per heavy atom. The molecule has 1 aromatic rings. The Bertz CT molecular complexity index is 851. The first-order chi connectivity index (χ1) is 12.0.